The van der Waals surface area contributed by atoms with Crippen LogP contribution in [-0.2, 0) is 9.53 Å². The van der Waals surface area contributed by atoms with Gasteiger partial charge in [0.05, 0.1) is 6.10 Å². The molecule has 1 amide bonds. The number of nitrogens with zero attached hydrogens (tertiary/aromatic N) is 1. The molecule has 2 saturated heterocycles. The van der Waals surface area contributed by atoms with Gasteiger partial charge in [0.2, 0.25) is 5.91 Å². The van der Waals surface area contributed by atoms with Crippen molar-refractivity contribution >= 4 is 5.91 Å². The number of carbonyl (C=O) groups is 1. The SMILES string of the molecule is CN1CCC(NC(=O)COC2CCNCC2)C1. The van der Waals surface area contributed by atoms with E-state index < -0.39 is 0 Å². The lowest BCUT2D eigenvalue weighted by Crippen LogP contribution is -2.40. The summed E-state index contributed by atoms with van der Waals surface area (Å²) in [5.41, 5.74) is 0. The summed E-state index contributed by atoms with van der Waals surface area (Å²) < 4.78 is 5.62. The highest BCUT2D eigenvalue weighted by Gasteiger charge is 2.21. The molecular formula is C12H23N3O2. The fourth-order valence-corrected chi connectivity index (χ4v) is 2.48. The number of likely N-dealkylation sites (tertiary alicyclic amines) is 1. The smallest absolute Gasteiger partial charge is 0.246 e. The van der Waals surface area contributed by atoms with Crippen LogP contribution in [0.1, 0.15) is 19.3 Å². The highest BCUT2D eigenvalue weighted by Crippen LogP contribution is 2.08. The molecule has 2 rings (SSSR count). The fraction of sp³-hybridized carbons (Fsp3) is 0.917. The number of hydrogen-bond donors (Lipinski definition) is 2. The largest absolute Gasteiger partial charge is 0.368 e. The number of hydrogen-bond acceptors (Lipinski definition) is 4. The van der Waals surface area contributed by atoms with Crippen LogP contribution >= 0.6 is 0 Å². The predicted molar refractivity (Wildman–Crippen MR) is 65.9 cm³/mol. The first-order valence-electron chi connectivity index (χ1n) is 6.54. The summed E-state index contributed by atoms with van der Waals surface area (Å²) in [5.74, 6) is 0.0313. The van der Waals surface area contributed by atoms with Crippen molar-refractivity contribution in [3.8, 4) is 0 Å². The van der Waals surface area contributed by atoms with Gasteiger partial charge >= 0.3 is 0 Å². The number of ether oxygens (including phenoxy) is 1. The maximum atomic E-state index is 11.7. The third-order valence-electron chi connectivity index (χ3n) is 3.49. The van der Waals surface area contributed by atoms with Crippen LogP contribution in [0.3, 0.4) is 0 Å². The summed E-state index contributed by atoms with van der Waals surface area (Å²) in [6.45, 7) is 4.24. The average molecular weight is 241 g/mol. The minimum Gasteiger partial charge on any atom is -0.368 e. The molecule has 5 heteroatoms. The third-order valence-corrected chi connectivity index (χ3v) is 3.49. The van der Waals surface area contributed by atoms with Gasteiger partial charge in [-0.1, -0.05) is 0 Å². The molecule has 0 aromatic heterocycles. The lowest BCUT2D eigenvalue weighted by Gasteiger charge is -2.23. The molecule has 17 heavy (non-hydrogen) atoms. The second-order valence-corrected chi connectivity index (χ2v) is 5.08. The molecule has 0 saturated carbocycles. The van der Waals surface area contributed by atoms with Gasteiger partial charge in [0.1, 0.15) is 6.61 Å². The van der Waals surface area contributed by atoms with E-state index in [4.69, 9.17) is 4.74 Å². The summed E-state index contributed by atoms with van der Waals surface area (Å²) in [6, 6.07) is 0.309. The zero-order chi connectivity index (χ0) is 12.1. The second-order valence-electron chi connectivity index (χ2n) is 5.08. The van der Waals surface area contributed by atoms with E-state index in [0.717, 1.165) is 45.4 Å². The number of nitrogens with one attached hydrogen (secondary N) is 2. The van der Waals surface area contributed by atoms with E-state index in [1.807, 2.05) is 0 Å². The number of amides is 1. The van der Waals surface area contributed by atoms with E-state index in [9.17, 15) is 4.79 Å². The summed E-state index contributed by atoms with van der Waals surface area (Å²) in [6.07, 6.45) is 3.34. The quantitative estimate of drug-likeness (QED) is 0.701. The molecule has 5 nitrogen and oxygen atoms in total. The molecule has 0 spiro atoms. The van der Waals surface area contributed by atoms with Crippen molar-refractivity contribution in [1.82, 2.24) is 15.5 Å². The van der Waals surface area contributed by atoms with Gasteiger partial charge in [0.15, 0.2) is 0 Å². The van der Waals surface area contributed by atoms with Crippen LogP contribution in [0, 0.1) is 0 Å². The minimum atomic E-state index is 0.0313. The molecule has 2 N–H and O–H groups in total. The zero-order valence-electron chi connectivity index (χ0n) is 10.6. The molecule has 2 aliphatic heterocycles. The van der Waals surface area contributed by atoms with Crippen LogP contribution in [0.5, 0.6) is 0 Å². The molecule has 2 fully saturated rings. The highest BCUT2D eigenvalue weighted by molar-refractivity contribution is 5.77. The Balaban J connectivity index is 1.60. The first-order valence-corrected chi connectivity index (χ1v) is 6.54. The lowest BCUT2D eigenvalue weighted by atomic mass is 10.1. The van der Waals surface area contributed by atoms with Gasteiger partial charge in [-0.05, 0) is 45.9 Å². The van der Waals surface area contributed by atoms with Gasteiger partial charge in [-0.2, -0.15) is 0 Å². The molecular weight excluding hydrogens is 218 g/mol. The fourth-order valence-electron chi connectivity index (χ4n) is 2.48. The van der Waals surface area contributed by atoms with Crippen molar-refractivity contribution < 1.29 is 9.53 Å². The first kappa shape index (κ1) is 12.8. The van der Waals surface area contributed by atoms with E-state index >= 15 is 0 Å². The average Bonchev–Trinajstić information content (AvgIpc) is 2.73. The maximum Gasteiger partial charge on any atom is 0.246 e. The van der Waals surface area contributed by atoms with Crippen molar-refractivity contribution in [2.45, 2.75) is 31.4 Å². The first-order chi connectivity index (χ1) is 8.24. The Labute approximate surface area is 103 Å². The Bertz CT molecular complexity index is 254. The van der Waals surface area contributed by atoms with Crippen LogP contribution in [0.2, 0.25) is 0 Å². The van der Waals surface area contributed by atoms with Crippen LogP contribution < -0.4 is 10.6 Å². The number of likely N-dealkylation sites (N-methyl/N-ethyl adjacent to an activating group) is 1. The Hall–Kier alpha value is -0.650. The van der Waals surface area contributed by atoms with Crippen molar-refractivity contribution in [2.75, 3.05) is 39.8 Å². The molecule has 1 atom stereocenters. The molecule has 0 bridgehead atoms. The normalized spacial score (nSPS) is 27.2. The topological polar surface area (TPSA) is 53.6 Å². The summed E-state index contributed by atoms with van der Waals surface area (Å²) in [4.78, 5) is 13.9. The Morgan fingerprint density at radius 3 is 2.82 bits per heavy atom. The van der Waals surface area contributed by atoms with Crippen LogP contribution in [0.25, 0.3) is 0 Å². The zero-order valence-corrected chi connectivity index (χ0v) is 10.6. The monoisotopic (exact) mass is 241 g/mol. The van der Waals surface area contributed by atoms with E-state index in [-0.39, 0.29) is 18.6 Å². The van der Waals surface area contributed by atoms with E-state index in [1.165, 1.54) is 0 Å². The van der Waals surface area contributed by atoms with Gasteiger partial charge in [-0.15, -0.1) is 0 Å². The van der Waals surface area contributed by atoms with Crippen LogP contribution in [0.4, 0.5) is 0 Å². The number of carbonyl (C=O) groups excluding carboxylic acids is 1. The second kappa shape index (κ2) is 6.33. The summed E-state index contributed by atoms with van der Waals surface area (Å²) >= 11 is 0. The van der Waals surface area contributed by atoms with Gasteiger partial charge in [0.25, 0.3) is 0 Å². The highest BCUT2D eigenvalue weighted by atomic mass is 16.5. The summed E-state index contributed by atoms with van der Waals surface area (Å²) in [5, 5.41) is 6.31. The Morgan fingerprint density at radius 1 is 1.41 bits per heavy atom. The molecule has 2 aliphatic rings. The predicted octanol–water partition coefficient (Wildman–Crippen LogP) is -0.425. The van der Waals surface area contributed by atoms with Gasteiger partial charge in [-0.25, -0.2) is 0 Å². The van der Waals surface area contributed by atoms with Crippen molar-refractivity contribution in [3.05, 3.63) is 0 Å². The summed E-state index contributed by atoms with van der Waals surface area (Å²) in [7, 11) is 2.08. The molecule has 1 unspecified atom stereocenters. The lowest BCUT2D eigenvalue weighted by molar-refractivity contribution is -0.128. The molecule has 0 aromatic carbocycles. The Morgan fingerprint density at radius 2 is 2.18 bits per heavy atom. The molecule has 0 radical (unpaired) electrons. The minimum absolute atomic E-state index is 0.0313. The van der Waals surface area contributed by atoms with E-state index in [2.05, 4.69) is 22.6 Å². The van der Waals surface area contributed by atoms with Crippen molar-refractivity contribution in [2.24, 2.45) is 0 Å². The number of rotatable bonds is 4. The number of piperidine rings is 1. The van der Waals surface area contributed by atoms with Gasteiger partial charge < -0.3 is 20.3 Å². The van der Waals surface area contributed by atoms with Crippen molar-refractivity contribution in [3.63, 3.8) is 0 Å². The van der Waals surface area contributed by atoms with Crippen LogP contribution in [-0.4, -0.2) is 62.8 Å². The van der Waals surface area contributed by atoms with E-state index in [1.54, 1.807) is 0 Å². The van der Waals surface area contributed by atoms with Gasteiger partial charge in [0, 0.05) is 12.6 Å². The molecule has 98 valence electrons. The standard InChI is InChI=1S/C12H23N3O2/c1-15-7-4-10(8-15)14-12(16)9-17-11-2-5-13-6-3-11/h10-11,13H,2-9H2,1H3,(H,14,16). The molecule has 2 heterocycles. The molecule has 0 aromatic rings. The molecule has 0 aliphatic carbocycles. The van der Waals surface area contributed by atoms with Crippen molar-refractivity contribution in [1.29, 1.82) is 0 Å². The third kappa shape index (κ3) is 4.26. The van der Waals surface area contributed by atoms with Gasteiger partial charge in [-0.3, -0.25) is 4.79 Å². The Kier molecular flexibility index (Phi) is 4.76. The maximum absolute atomic E-state index is 11.7. The van der Waals surface area contributed by atoms with Crippen LogP contribution in [0.15, 0.2) is 0 Å². The van der Waals surface area contributed by atoms with E-state index in [0.29, 0.717) is 6.04 Å².